The van der Waals surface area contributed by atoms with Gasteiger partial charge in [-0.2, -0.15) is 8.78 Å². The van der Waals surface area contributed by atoms with Crippen LogP contribution in [0.4, 0.5) is 18.9 Å². The van der Waals surface area contributed by atoms with Crippen LogP contribution in [0.5, 0.6) is 5.75 Å². The van der Waals surface area contributed by atoms with E-state index in [0.29, 0.717) is 12.0 Å². The van der Waals surface area contributed by atoms with E-state index in [0.717, 1.165) is 17.3 Å². The Morgan fingerprint density at radius 3 is 2.70 bits per heavy atom. The van der Waals surface area contributed by atoms with Crippen molar-refractivity contribution in [1.29, 1.82) is 0 Å². The number of carboxylic acids is 1. The molecule has 1 aliphatic heterocycles. The minimum Gasteiger partial charge on any atom is -0.478 e. The van der Waals surface area contributed by atoms with Gasteiger partial charge in [0.2, 0.25) is 0 Å². The lowest BCUT2D eigenvalue weighted by Gasteiger charge is -2.37. The number of rotatable bonds is 4. The Balaban J connectivity index is 1.71. The zero-order valence-corrected chi connectivity index (χ0v) is 14.0. The van der Waals surface area contributed by atoms with Gasteiger partial charge in [-0.1, -0.05) is 18.2 Å². The summed E-state index contributed by atoms with van der Waals surface area (Å²) < 4.78 is 44.1. The summed E-state index contributed by atoms with van der Waals surface area (Å²) in [5.74, 6) is -1.76. The van der Waals surface area contributed by atoms with Crippen LogP contribution in [0.15, 0.2) is 48.6 Å². The maximum absolute atomic E-state index is 14.6. The van der Waals surface area contributed by atoms with Crippen molar-refractivity contribution in [2.24, 2.45) is 5.92 Å². The van der Waals surface area contributed by atoms with Gasteiger partial charge in [0.25, 0.3) is 0 Å². The molecule has 0 saturated carbocycles. The van der Waals surface area contributed by atoms with Gasteiger partial charge in [0.15, 0.2) is 0 Å². The predicted octanol–water partition coefficient (Wildman–Crippen LogP) is 4.95. The molecule has 2 aromatic rings. The van der Waals surface area contributed by atoms with E-state index in [4.69, 9.17) is 5.11 Å². The molecular formula is C20H16F3NO3. The third-order valence-corrected chi connectivity index (χ3v) is 5.14. The number of carbonyl (C=O) groups is 1. The molecule has 4 nitrogen and oxygen atoms in total. The predicted molar refractivity (Wildman–Crippen MR) is 92.8 cm³/mol. The first-order valence-corrected chi connectivity index (χ1v) is 8.48. The SMILES string of the molecule is O=C(O)c1ccc(C2Nc3ccc(OC(F)F)cc3C3C=CCC32)c(F)c1. The quantitative estimate of drug-likeness (QED) is 0.743. The highest BCUT2D eigenvalue weighted by atomic mass is 19.3. The average molecular weight is 375 g/mol. The van der Waals surface area contributed by atoms with Crippen molar-refractivity contribution in [3.8, 4) is 5.75 Å². The van der Waals surface area contributed by atoms with Gasteiger partial charge >= 0.3 is 12.6 Å². The maximum atomic E-state index is 14.6. The van der Waals surface area contributed by atoms with Crippen molar-refractivity contribution < 1.29 is 27.8 Å². The van der Waals surface area contributed by atoms with Crippen molar-refractivity contribution in [3.63, 3.8) is 0 Å². The van der Waals surface area contributed by atoms with Gasteiger partial charge in [-0.3, -0.25) is 0 Å². The Kier molecular flexibility index (Phi) is 4.30. The number of ether oxygens (including phenoxy) is 1. The van der Waals surface area contributed by atoms with E-state index in [2.05, 4.69) is 10.1 Å². The number of aromatic carboxylic acids is 1. The van der Waals surface area contributed by atoms with Gasteiger partial charge in [-0.25, -0.2) is 9.18 Å². The van der Waals surface area contributed by atoms with Gasteiger partial charge in [-0.15, -0.1) is 0 Å². The summed E-state index contributed by atoms with van der Waals surface area (Å²) in [6.07, 6.45) is 4.68. The number of alkyl halides is 2. The summed E-state index contributed by atoms with van der Waals surface area (Å²) in [5, 5.41) is 12.3. The number of benzene rings is 2. The minimum absolute atomic E-state index is 0.00974. The van der Waals surface area contributed by atoms with Gasteiger partial charge in [0.05, 0.1) is 11.6 Å². The highest BCUT2D eigenvalue weighted by Crippen LogP contribution is 2.50. The fraction of sp³-hybridized carbons (Fsp3) is 0.250. The van der Waals surface area contributed by atoms with Crippen molar-refractivity contribution >= 4 is 11.7 Å². The topological polar surface area (TPSA) is 58.6 Å². The molecule has 0 radical (unpaired) electrons. The van der Waals surface area contributed by atoms with Crippen LogP contribution < -0.4 is 10.1 Å². The van der Waals surface area contributed by atoms with E-state index < -0.39 is 18.4 Å². The normalized spacial score (nSPS) is 22.9. The Morgan fingerprint density at radius 2 is 2.00 bits per heavy atom. The van der Waals surface area contributed by atoms with Crippen LogP contribution in [0.25, 0.3) is 0 Å². The fourth-order valence-corrected chi connectivity index (χ4v) is 3.97. The zero-order chi connectivity index (χ0) is 19.1. The molecule has 0 fully saturated rings. The molecule has 2 aliphatic rings. The molecule has 0 amide bonds. The van der Waals surface area contributed by atoms with E-state index in [9.17, 15) is 18.0 Å². The third-order valence-electron chi connectivity index (χ3n) is 5.14. The summed E-state index contributed by atoms with van der Waals surface area (Å²) in [5.41, 5.74) is 1.82. The molecule has 0 bridgehead atoms. The highest BCUT2D eigenvalue weighted by molar-refractivity contribution is 5.87. The van der Waals surface area contributed by atoms with Gasteiger partial charge in [-0.05, 0) is 48.2 Å². The summed E-state index contributed by atoms with van der Waals surface area (Å²) in [6, 6.07) is 8.21. The summed E-state index contributed by atoms with van der Waals surface area (Å²) in [4.78, 5) is 11.0. The van der Waals surface area contributed by atoms with Crippen LogP contribution in [-0.4, -0.2) is 17.7 Å². The van der Waals surface area contributed by atoms with E-state index in [1.807, 2.05) is 12.2 Å². The first-order valence-electron chi connectivity index (χ1n) is 8.48. The number of allylic oxidation sites excluding steroid dienone is 2. The Labute approximate surface area is 153 Å². The second-order valence-corrected chi connectivity index (χ2v) is 6.64. The second kappa shape index (κ2) is 6.64. The van der Waals surface area contributed by atoms with Crippen molar-refractivity contribution in [1.82, 2.24) is 0 Å². The van der Waals surface area contributed by atoms with Crippen LogP contribution in [0.3, 0.4) is 0 Å². The molecule has 140 valence electrons. The van der Waals surface area contributed by atoms with Crippen LogP contribution >= 0.6 is 0 Å². The van der Waals surface area contributed by atoms with Crippen LogP contribution in [0.1, 0.15) is 39.9 Å². The average Bonchev–Trinajstić information content (AvgIpc) is 3.11. The van der Waals surface area contributed by atoms with E-state index in [1.165, 1.54) is 18.2 Å². The smallest absolute Gasteiger partial charge is 0.387 e. The van der Waals surface area contributed by atoms with Gasteiger partial charge in [0, 0.05) is 17.2 Å². The first-order chi connectivity index (χ1) is 12.9. The van der Waals surface area contributed by atoms with Crippen molar-refractivity contribution in [2.45, 2.75) is 25.0 Å². The van der Waals surface area contributed by atoms with Crippen LogP contribution in [-0.2, 0) is 0 Å². The van der Waals surface area contributed by atoms with Crippen LogP contribution in [0, 0.1) is 11.7 Å². The molecule has 1 heterocycles. The van der Waals surface area contributed by atoms with Crippen molar-refractivity contribution in [2.75, 3.05) is 5.32 Å². The lowest BCUT2D eigenvalue weighted by atomic mass is 9.77. The lowest BCUT2D eigenvalue weighted by Crippen LogP contribution is -2.29. The number of nitrogens with one attached hydrogen (secondary N) is 1. The lowest BCUT2D eigenvalue weighted by molar-refractivity contribution is -0.0499. The molecule has 0 aromatic heterocycles. The number of halogens is 3. The maximum Gasteiger partial charge on any atom is 0.387 e. The van der Waals surface area contributed by atoms with Crippen LogP contribution in [0.2, 0.25) is 0 Å². The largest absolute Gasteiger partial charge is 0.478 e. The van der Waals surface area contributed by atoms with Crippen molar-refractivity contribution in [3.05, 3.63) is 71.1 Å². The molecule has 0 saturated heterocycles. The molecule has 4 rings (SSSR count). The number of anilines is 1. The number of carboxylic acid groups (broad SMARTS) is 1. The summed E-state index contributed by atoms with van der Waals surface area (Å²) >= 11 is 0. The molecule has 7 heteroatoms. The number of hydrogen-bond acceptors (Lipinski definition) is 3. The monoisotopic (exact) mass is 375 g/mol. The Bertz CT molecular complexity index is 929. The van der Waals surface area contributed by atoms with E-state index in [-0.39, 0.29) is 29.2 Å². The molecular weight excluding hydrogens is 359 g/mol. The zero-order valence-electron chi connectivity index (χ0n) is 14.0. The Morgan fingerprint density at radius 1 is 1.19 bits per heavy atom. The first kappa shape index (κ1) is 17.5. The second-order valence-electron chi connectivity index (χ2n) is 6.64. The molecule has 1 aliphatic carbocycles. The third kappa shape index (κ3) is 3.13. The highest BCUT2D eigenvalue weighted by Gasteiger charge is 2.39. The molecule has 3 unspecified atom stereocenters. The standard InChI is InChI=1S/C20H16F3NO3/c21-16-8-10(19(25)26)4-6-14(16)18-13-3-1-2-12(13)15-9-11(27-20(22)23)5-7-17(15)24-18/h1-2,4-9,12-13,18,20,24H,3H2,(H,25,26). The van der Waals surface area contributed by atoms with Gasteiger partial charge in [0.1, 0.15) is 11.6 Å². The molecule has 2 aromatic carbocycles. The summed E-state index contributed by atoms with van der Waals surface area (Å²) in [6.45, 7) is -2.90. The number of fused-ring (bicyclic) bond motifs is 3. The minimum atomic E-state index is -2.90. The fourth-order valence-electron chi connectivity index (χ4n) is 3.97. The van der Waals surface area contributed by atoms with Gasteiger partial charge < -0.3 is 15.2 Å². The molecule has 27 heavy (non-hydrogen) atoms. The number of hydrogen-bond donors (Lipinski definition) is 2. The van der Waals surface area contributed by atoms with E-state index in [1.54, 1.807) is 12.1 Å². The Hall–Kier alpha value is -2.96. The van der Waals surface area contributed by atoms with E-state index >= 15 is 0 Å². The molecule has 2 N–H and O–H groups in total. The summed E-state index contributed by atoms with van der Waals surface area (Å²) in [7, 11) is 0. The molecule has 0 spiro atoms. The molecule has 3 atom stereocenters.